The molecule has 0 spiro atoms. The van der Waals surface area contributed by atoms with Gasteiger partial charge in [-0.05, 0) is 61.7 Å². The number of carbonyl (C=O) groups is 1. The van der Waals surface area contributed by atoms with Crippen LogP contribution in [-0.4, -0.2) is 45.6 Å². The summed E-state index contributed by atoms with van der Waals surface area (Å²) >= 11 is 6.10. The number of carbonyl (C=O) groups excluding carboxylic acids is 1. The minimum atomic E-state index is 0.0534. The number of hydrogen-bond acceptors (Lipinski definition) is 4. The van der Waals surface area contributed by atoms with Crippen molar-refractivity contribution in [2.45, 2.75) is 25.7 Å². The second-order valence-corrected chi connectivity index (χ2v) is 8.83. The molecule has 7 heteroatoms. The molecule has 0 N–H and O–H groups in total. The number of para-hydroxylation sites is 1. The molecule has 0 aliphatic carbocycles. The van der Waals surface area contributed by atoms with Gasteiger partial charge in [0.25, 0.3) is 5.91 Å². The van der Waals surface area contributed by atoms with Gasteiger partial charge in [-0.25, -0.2) is 9.50 Å². The average Bonchev–Trinajstić information content (AvgIpc) is 3.29. The number of aromatic nitrogens is 3. The summed E-state index contributed by atoms with van der Waals surface area (Å²) in [5.41, 5.74) is 4.46. The van der Waals surface area contributed by atoms with Crippen molar-refractivity contribution in [1.29, 1.82) is 0 Å². The molecule has 0 bridgehead atoms. The van der Waals surface area contributed by atoms with Crippen molar-refractivity contribution in [2.75, 3.05) is 20.2 Å². The van der Waals surface area contributed by atoms with Crippen molar-refractivity contribution in [2.24, 2.45) is 0 Å². The van der Waals surface area contributed by atoms with Crippen molar-refractivity contribution in [3.8, 4) is 16.9 Å². The minimum absolute atomic E-state index is 0.0534. The molecule has 2 aromatic carbocycles. The summed E-state index contributed by atoms with van der Waals surface area (Å²) in [5.74, 6) is 1.94. The lowest BCUT2D eigenvalue weighted by atomic mass is 9.95. The Morgan fingerprint density at radius 2 is 1.88 bits per heavy atom. The number of hydrogen-bond donors (Lipinski definition) is 0. The second kappa shape index (κ2) is 8.87. The lowest BCUT2D eigenvalue weighted by molar-refractivity contribution is 0.0711. The van der Waals surface area contributed by atoms with Gasteiger partial charge in [0.1, 0.15) is 5.75 Å². The number of amides is 1. The molecule has 5 rings (SSSR count). The fourth-order valence-corrected chi connectivity index (χ4v) is 4.53. The van der Waals surface area contributed by atoms with E-state index in [1.807, 2.05) is 65.0 Å². The Hall–Kier alpha value is -3.38. The first kappa shape index (κ1) is 21.5. The smallest absolute Gasteiger partial charge is 0.253 e. The molecule has 3 heterocycles. The van der Waals surface area contributed by atoms with E-state index >= 15 is 0 Å². The third kappa shape index (κ3) is 4.18. The van der Waals surface area contributed by atoms with Gasteiger partial charge in [-0.15, -0.1) is 0 Å². The fourth-order valence-electron chi connectivity index (χ4n) is 4.42. The lowest BCUT2D eigenvalue weighted by Crippen LogP contribution is -2.38. The molecule has 1 fully saturated rings. The van der Waals surface area contributed by atoms with Crippen LogP contribution in [0.5, 0.6) is 5.75 Å². The average molecular weight is 461 g/mol. The summed E-state index contributed by atoms with van der Waals surface area (Å²) in [7, 11) is 1.68. The number of nitrogens with zero attached hydrogens (tertiary/aromatic N) is 4. The van der Waals surface area contributed by atoms with E-state index in [4.69, 9.17) is 26.4 Å². The van der Waals surface area contributed by atoms with Crippen LogP contribution in [0.2, 0.25) is 5.02 Å². The number of pyridine rings is 1. The van der Waals surface area contributed by atoms with Gasteiger partial charge in [0.15, 0.2) is 11.5 Å². The van der Waals surface area contributed by atoms with E-state index in [-0.39, 0.29) is 11.8 Å². The standard InChI is InChI=1S/C26H25ClN4O2/c1-17-15-19(7-9-22(17)27)26(32)30-13-11-18(12-14-30)25-28-24-10-8-20(16-31(24)29-25)21-5-3-4-6-23(21)33-2/h3-10,15-16,18H,11-14H2,1-2H3. The zero-order chi connectivity index (χ0) is 22.9. The van der Waals surface area contributed by atoms with E-state index in [0.717, 1.165) is 46.8 Å². The topological polar surface area (TPSA) is 59.7 Å². The van der Waals surface area contributed by atoms with Crippen LogP contribution in [0.25, 0.3) is 16.8 Å². The van der Waals surface area contributed by atoms with Crippen LogP contribution in [0.1, 0.15) is 40.5 Å². The van der Waals surface area contributed by atoms with Gasteiger partial charge in [-0.1, -0.05) is 29.8 Å². The largest absolute Gasteiger partial charge is 0.496 e. The van der Waals surface area contributed by atoms with Crippen molar-refractivity contribution >= 4 is 23.2 Å². The Morgan fingerprint density at radius 3 is 2.64 bits per heavy atom. The highest BCUT2D eigenvalue weighted by Crippen LogP contribution is 2.31. The molecule has 0 radical (unpaired) electrons. The van der Waals surface area contributed by atoms with E-state index in [0.29, 0.717) is 23.7 Å². The highest BCUT2D eigenvalue weighted by molar-refractivity contribution is 6.31. The molecule has 1 aliphatic rings. The van der Waals surface area contributed by atoms with Crippen LogP contribution in [0.3, 0.4) is 0 Å². The Morgan fingerprint density at radius 1 is 1.09 bits per heavy atom. The number of fused-ring (bicyclic) bond motifs is 1. The summed E-state index contributed by atoms with van der Waals surface area (Å²) in [6, 6.07) is 17.4. The predicted octanol–water partition coefficient (Wildman–Crippen LogP) is 5.39. The normalized spacial score (nSPS) is 14.6. The van der Waals surface area contributed by atoms with Crippen LogP contribution in [0.4, 0.5) is 0 Å². The molecule has 4 aromatic rings. The van der Waals surface area contributed by atoms with Gasteiger partial charge in [0.2, 0.25) is 0 Å². The van der Waals surface area contributed by atoms with Crippen molar-refractivity contribution < 1.29 is 9.53 Å². The molecule has 2 aromatic heterocycles. The molecular weight excluding hydrogens is 436 g/mol. The second-order valence-electron chi connectivity index (χ2n) is 8.42. The molecular formula is C26H25ClN4O2. The van der Waals surface area contributed by atoms with Gasteiger partial charge in [-0.2, -0.15) is 5.10 Å². The number of piperidine rings is 1. The van der Waals surface area contributed by atoms with Gasteiger partial charge in [0.05, 0.1) is 7.11 Å². The maximum atomic E-state index is 12.9. The lowest BCUT2D eigenvalue weighted by Gasteiger charge is -2.31. The molecule has 0 saturated carbocycles. The molecule has 1 aliphatic heterocycles. The maximum absolute atomic E-state index is 12.9. The van der Waals surface area contributed by atoms with E-state index in [1.165, 1.54) is 0 Å². The zero-order valence-electron chi connectivity index (χ0n) is 18.7. The molecule has 0 unspecified atom stereocenters. The van der Waals surface area contributed by atoms with E-state index in [2.05, 4.69) is 0 Å². The van der Waals surface area contributed by atoms with Crippen LogP contribution >= 0.6 is 11.6 Å². The van der Waals surface area contributed by atoms with Crippen LogP contribution in [0, 0.1) is 6.92 Å². The van der Waals surface area contributed by atoms with Gasteiger partial charge in [-0.3, -0.25) is 4.79 Å². The summed E-state index contributed by atoms with van der Waals surface area (Å²) in [4.78, 5) is 19.6. The van der Waals surface area contributed by atoms with E-state index < -0.39 is 0 Å². The number of rotatable bonds is 4. The van der Waals surface area contributed by atoms with E-state index in [9.17, 15) is 4.79 Å². The SMILES string of the molecule is COc1ccccc1-c1ccc2nc(C3CCN(C(=O)c4ccc(Cl)c(C)c4)CC3)nn2c1. The molecule has 1 amide bonds. The predicted molar refractivity (Wildman–Crippen MR) is 129 cm³/mol. The number of ether oxygens (including phenoxy) is 1. The minimum Gasteiger partial charge on any atom is -0.496 e. The van der Waals surface area contributed by atoms with Gasteiger partial charge in [0, 0.05) is 46.9 Å². The number of halogens is 1. The van der Waals surface area contributed by atoms with Crippen molar-refractivity contribution in [3.63, 3.8) is 0 Å². The summed E-state index contributed by atoms with van der Waals surface area (Å²) in [5, 5.41) is 5.45. The van der Waals surface area contributed by atoms with Crippen LogP contribution in [0.15, 0.2) is 60.8 Å². The number of aryl methyl sites for hydroxylation is 1. The van der Waals surface area contributed by atoms with E-state index in [1.54, 1.807) is 19.2 Å². The zero-order valence-corrected chi connectivity index (χ0v) is 19.4. The Balaban J connectivity index is 1.31. The Labute approximate surface area is 197 Å². The van der Waals surface area contributed by atoms with Crippen LogP contribution < -0.4 is 4.74 Å². The third-order valence-electron chi connectivity index (χ3n) is 6.32. The van der Waals surface area contributed by atoms with Crippen molar-refractivity contribution in [1.82, 2.24) is 19.5 Å². The fraction of sp³-hybridized carbons (Fsp3) is 0.269. The highest BCUT2D eigenvalue weighted by Gasteiger charge is 2.27. The monoisotopic (exact) mass is 460 g/mol. The number of benzene rings is 2. The molecule has 0 atom stereocenters. The summed E-state index contributed by atoms with van der Waals surface area (Å²) in [6.07, 6.45) is 3.67. The maximum Gasteiger partial charge on any atom is 0.253 e. The quantitative estimate of drug-likeness (QED) is 0.410. The van der Waals surface area contributed by atoms with Gasteiger partial charge < -0.3 is 9.64 Å². The first-order valence-electron chi connectivity index (χ1n) is 11.1. The van der Waals surface area contributed by atoms with Crippen LogP contribution in [-0.2, 0) is 0 Å². The Kier molecular flexibility index (Phi) is 5.77. The van der Waals surface area contributed by atoms with Crippen molar-refractivity contribution in [3.05, 3.63) is 82.8 Å². The third-order valence-corrected chi connectivity index (χ3v) is 6.74. The number of methoxy groups -OCH3 is 1. The molecule has 1 saturated heterocycles. The van der Waals surface area contributed by atoms with Gasteiger partial charge >= 0.3 is 0 Å². The first-order valence-corrected chi connectivity index (χ1v) is 11.5. The molecule has 33 heavy (non-hydrogen) atoms. The first-order chi connectivity index (χ1) is 16.0. The molecule has 168 valence electrons. The Bertz CT molecular complexity index is 1330. The molecule has 6 nitrogen and oxygen atoms in total. The summed E-state index contributed by atoms with van der Waals surface area (Å²) in [6.45, 7) is 3.29. The summed E-state index contributed by atoms with van der Waals surface area (Å²) < 4.78 is 7.34. The highest BCUT2D eigenvalue weighted by atomic mass is 35.5. The number of likely N-dealkylation sites (tertiary alicyclic amines) is 1.